The topological polar surface area (TPSA) is 18.5 Å². The third-order valence-corrected chi connectivity index (χ3v) is 36.5. The Morgan fingerprint density at radius 3 is 1.52 bits per heavy atom. The fourth-order valence-electron chi connectivity index (χ4n) is 1.50. The van der Waals surface area contributed by atoms with Gasteiger partial charge in [-0.3, -0.25) is 0 Å². The molecule has 0 bridgehead atoms. The second-order valence-corrected chi connectivity index (χ2v) is 41.4. The van der Waals surface area contributed by atoms with Gasteiger partial charge in [-0.25, -0.2) is 0 Å². The fourth-order valence-corrected chi connectivity index (χ4v) is 6.35. The molecule has 0 N–H and O–H groups in total. The zero-order valence-corrected chi connectivity index (χ0v) is 21.2. The lowest BCUT2D eigenvalue weighted by Crippen LogP contribution is -2.57. The van der Waals surface area contributed by atoms with E-state index < -0.39 is 30.9 Å². The van der Waals surface area contributed by atoms with E-state index in [1.807, 2.05) is 18.2 Å². The molecule has 23 heavy (non-hydrogen) atoms. The van der Waals surface area contributed by atoms with Crippen molar-refractivity contribution >= 4 is 42.5 Å². The Morgan fingerprint density at radius 1 is 0.696 bits per heavy atom. The van der Waals surface area contributed by atoms with Crippen LogP contribution in [0.2, 0.25) is 70.5 Å². The molecule has 0 aliphatic heterocycles. The smallest absolute Gasteiger partial charge is 0.228 e. The molecule has 1 rings (SSSR count). The van der Waals surface area contributed by atoms with E-state index in [1.54, 1.807) is 0 Å². The maximum Gasteiger partial charge on any atom is 0.228 e. The second-order valence-electron chi connectivity index (χ2n) is 9.32. The standard InChI is InChI=1S/C16H33ClO2Si4/c1-20(2,3)22(7,8)18-14-11-12-16(15(17)13-14)19-23(9,10)21(4,5)6/h11-13H,1-10H3. The molecule has 1 aromatic rings. The van der Waals surface area contributed by atoms with Gasteiger partial charge in [0.2, 0.25) is 15.7 Å². The normalized spacial score (nSPS) is 13.9. The van der Waals surface area contributed by atoms with Crippen LogP contribution in [0, 0.1) is 0 Å². The summed E-state index contributed by atoms with van der Waals surface area (Å²) in [6.45, 7) is 23.4. The van der Waals surface area contributed by atoms with E-state index in [-0.39, 0.29) is 0 Å². The van der Waals surface area contributed by atoms with Gasteiger partial charge in [-0.1, -0.05) is 50.9 Å². The van der Waals surface area contributed by atoms with Crippen LogP contribution in [0.15, 0.2) is 18.2 Å². The number of benzene rings is 1. The number of hydrogen-bond acceptors (Lipinski definition) is 2. The Morgan fingerprint density at radius 2 is 1.13 bits per heavy atom. The molecule has 7 heteroatoms. The van der Waals surface area contributed by atoms with E-state index in [9.17, 15) is 0 Å². The highest BCUT2D eigenvalue weighted by molar-refractivity contribution is 7.38. The summed E-state index contributed by atoms with van der Waals surface area (Å²) >= 11 is 6.49. The number of hydrogen-bond donors (Lipinski definition) is 0. The lowest BCUT2D eigenvalue weighted by atomic mass is 10.3. The van der Waals surface area contributed by atoms with Crippen molar-refractivity contribution in [2.24, 2.45) is 0 Å². The van der Waals surface area contributed by atoms with Crippen molar-refractivity contribution in [2.45, 2.75) is 65.5 Å². The monoisotopic (exact) mass is 404 g/mol. The predicted molar refractivity (Wildman–Crippen MR) is 114 cm³/mol. The molecule has 0 aliphatic carbocycles. The van der Waals surface area contributed by atoms with Crippen molar-refractivity contribution in [3.63, 3.8) is 0 Å². The van der Waals surface area contributed by atoms with Gasteiger partial charge in [-0.2, -0.15) is 0 Å². The molecule has 0 radical (unpaired) electrons. The van der Waals surface area contributed by atoms with E-state index in [0.717, 1.165) is 11.5 Å². The molecule has 0 aromatic heterocycles. The lowest BCUT2D eigenvalue weighted by Gasteiger charge is -2.36. The summed E-state index contributed by atoms with van der Waals surface area (Å²) < 4.78 is 12.8. The molecule has 0 saturated carbocycles. The SMILES string of the molecule is C[Si](C)(C)[Si](C)(C)Oc1ccc(O[Si](C)(C)[Si](C)(C)C)c(Cl)c1. The van der Waals surface area contributed by atoms with Crippen LogP contribution in [-0.2, 0) is 0 Å². The summed E-state index contributed by atoms with van der Waals surface area (Å²) in [4.78, 5) is 0. The van der Waals surface area contributed by atoms with E-state index >= 15 is 0 Å². The Labute approximate surface area is 151 Å². The summed E-state index contributed by atoms with van der Waals surface area (Å²) in [5.74, 6) is 1.69. The van der Waals surface area contributed by atoms with Gasteiger partial charge < -0.3 is 8.85 Å². The van der Waals surface area contributed by atoms with Crippen molar-refractivity contribution in [2.75, 3.05) is 0 Å². The van der Waals surface area contributed by atoms with Gasteiger partial charge >= 0.3 is 0 Å². The van der Waals surface area contributed by atoms with Gasteiger partial charge in [0.1, 0.15) is 11.5 Å². The van der Waals surface area contributed by atoms with Crippen molar-refractivity contribution in [3.05, 3.63) is 23.2 Å². The molecule has 0 unspecified atom stereocenters. The minimum absolute atomic E-state index is 0.668. The molecular formula is C16H33ClO2Si4. The van der Waals surface area contributed by atoms with Crippen molar-refractivity contribution in [1.29, 1.82) is 0 Å². The summed E-state index contributed by atoms with van der Waals surface area (Å²) in [5, 5.41) is 0.668. The quantitative estimate of drug-likeness (QED) is 0.514. The fraction of sp³-hybridized carbons (Fsp3) is 0.625. The van der Waals surface area contributed by atoms with Crippen LogP contribution < -0.4 is 8.85 Å². The highest BCUT2D eigenvalue weighted by Crippen LogP contribution is 2.34. The first-order chi connectivity index (χ1) is 10.1. The summed E-state index contributed by atoms with van der Waals surface area (Å²) in [5.41, 5.74) is 0. The average molecular weight is 405 g/mol. The molecule has 0 spiro atoms. The van der Waals surface area contributed by atoms with E-state index in [4.69, 9.17) is 20.5 Å². The van der Waals surface area contributed by atoms with Crippen LogP contribution in [-0.4, -0.2) is 30.9 Å². The molecule has 0 amide bonds. The summed E-state index contributed by atoms with van der Waals surface area (Å²) in [6.07, 6.45) is 0. The molecule has 0 saturated heterocycles. The molecule has 0 aliphatic rings. The maximum absolute atomic E-state index is 6.49. The Bertz CT molecular complexity index is 560. The molecule has 2 nitrogen and oxygen atoms in total. The van der Waals surface area contributed by atoms with Crippen LogP contribution in [0.5, 0.6) is 11.5 Å². The first-order valence-electron chi connectivity index (χ1n) is 8.24. The zero-order valence-electron chi connectivity index (χ0n) is 16.4. The predicted octanol–water partition coefficient (Wildman–Crippen LogP) is 6.34. The molecule has 1 aromatic carbocycles. The Kier molecular flexibility index (Phi) is 6.13. The lowest BCUT2D eigenvalue weighted by molar-refractivity contribution is 0.552. The van der Waals surface area contributed by atoms with Gasteiger partial charge in [0.05, 0.1) is 20.2 Å². The molecular weight excluding hydrogens is 372 g/mol. The van der Waals surface area contributed by atoms with Gasteiger partial charge in [0.15, 0.2) is 0 Å². The Hall–Kier alpha value is -0.0225. The van der Waals surface area contributed by atoms with Crippen molar-refractivity contribution < 1.29 is 8.85 Å². The molecule has 0 atom stereocenters. The van der Waals surface area contributed by atoms with Crippen LogP contribution in [0.4, 0.5) is 0 Å². The third kappa shape index (κ3) is 5.22. The Balaban J connectivity index is 3.00. The minimum Gasteiger partial charge on any atom is -0.547 e. The van der Waals surface area contributed by atoms with Crippen LogP contribution in [0.1, 0.15) is 0 Å². The van der Waals surface area contributed by atoms with Crippen molar-refractivity contribution in [3.8, 4) is 11.5 Å². The highest BCUT2D eigenvalue weighted by atomic mass is 35.5. The number of halogens is 1. The summed E-state index contributed by atoms with van der Waals surface area (Å²) in [6, 6.07) is 5.94. The molecule has 132 valence electrons. The number of rotatable bonds is 6. The van der Waals surface area contributed by atoms with Crippen molar-refractivity contribution in [1.82, 2.24) is 0 Å². The molecule has 0 fully saturated rings. The van der Waals surface area contributed by atoms with E-state index in [1.165, 1.54) is 0 Å². The summed E-state index contributed by atoms with van der Waals surface area (Å²) in [7, 11) is -6.08. The molecule has 0 heterocycles. The largest absolute Gasteiger partial charge is 0.547 e. The van der Waals surface area contributed by atoms with E-state index in [0.29, 0.717) is 5.02 Å². The first kappa shape index (κ1) is 21.0. The second kappa shape index (κ2) is 6.71. The average Bonchev–Trinajstić information content (AvgIpc) is 2.29. The van der Waals surface area contributed by atoms with Crippen LogP contribution in [0.3, 0.4) is 0 Å². The maximum atomic E-state index is 6.49. The third-order valence-electron chi connectivity index (χ3n) is 5.25. The van der Waals surface area contributed by atoms with E-state index in [2.05, 4.69) is 65.5 Å². The van der Waals surface area contributed by atoms with Gasteiger partial charge in [-0.15, -0.1) is 0 Å². The highest BCUT2D eigenvalue weighted by Gasteiger charge is 2.42. The minimum atomic E-state index is -1.74. The van der Waals surface area contributed by atoms with Crippen LogP contribution in [0.25, 0.3) is 0 Å². The zero-order chi connectivity index (χ0) is 18.3. The van der Waals surface area contributed by atoms with Gasteiger partial charge in [0, 0.05) is 6.07 Å². The van der Waals surface area contributed by atoms with Gasteiger partial charge in [-0.05, 0) is 38.3 Å². The van der Waals surface area contributed by atoms with Gasteiger partial charge in [0.25, 0.3) is 0 Å². The first-order valence-corrected chi connectivity index (χ1v) is 23.4. The van der Waals surface area contributed by atoms with Crippen LogP contribution >= 0.6 is 11.6 Å².